The summed E-state index contributed by atoms with van der Waals surface area (Å²) >= 11 is 0. The maximum absolute atomic E-state index is 12.9. The minimum atomic E-state index is -3.63. The first-order chi connectivity index (χ1) is 12.4. The number of piperidine rings is 1. The number of benzene rings is 2. The molecule has 138 valence electrons. The van der Waals surface area contributed by atoms with Gasteiger partial charge in [-0.3, -0.25) is 4.79 Å². The lowest BCUT2D eigenvalue weighted by atomic mass is 9.89. The van der Waals surface area contributed by atoms with Crippen molar-refractivity contribution in [2.75, 3.05) is 20.2 Å². The lowest BCUT2D eigenvalue weighted by molar-refractivity contribution is 0.0875. The molecule has 0 saturated carbocycles. The van der Waals surface area contributed by atoms with Crippen LogP contribution >= 0.6 is 0 Å². The van der Waals surface area contributed by atoms with Gasteiger partial charge >= 0.3 is 0 Å². The van der Waals surface area contributed by atoms with Crippen molar-refractivity contribution < 1.29 is 17.9 Å². The van der Waals surface area contributed by atoms with Crippen LogP contribution in [0.1, 0.15) is 28.8 Å². The predicted octanol–water partition coefficient (Wildman–Crippen LogP) is 3.29. The van der Waals surface area contributed by atoms with Crippen LogP contribution < -0.4 is 4.74 Å². The summed E-state index contributed by atoms with van der Waals surface area (Å²) < 4.78 is 32.5. The SMILES string of the molecule is COc1ccccc1S(=O)(=O)N1CCC(C(=O)c2ccc(C)cc2)CC1. The number of hydrogen-bond acceptors (Lipinski definition) is 4. The van der Waals surface area contributed by atoms with Gasteiger partial charge in [-0.25, -0.2) is 8.42 Å². The molecule has 1 saturated heterocycles. The van der Waals surface area contributed by atoms with Crippen LogP contribution in [0.2, 0.25) is 0 Å². The Morgan fingerprint density at radius 1 is 1.04 bits per heavy atom. The van der Waals surface area contributed by atoms with E-state index in [0.29, 0.717) is 37.2 Å². The van der Waals surface area contributed by atoms with Crippen LogP contribution in [0.25, 0.3) is 0 Å². The highest BCUT2D eigenvalue weighted by Gasteiger charge is 2.33. The molecule has 0 aromatic heterocycles. The van der Waals surface area contributed by atoms with Crippen molar-refractivity contribution in [2.24, 2.45) is 5.92 Å². The zero-order valence-corrected chi connectivity index (χ0v) is 15.8. The number of sulfonamides is 1. The van der Waals surface area contributed by atoms with E-state index in [1.807, 2.05) is 31.2 Å². The van der Waals surface area contributed by atoms with E-state index in [2.05, 4.69) is 0 Å². The molecule has 1 aliphatic heterocycles. The quantitative estimate of drug-likeness (QED) is 0.755. The van der Waals surface area contributed by atoms with E-state index in [1.54, 1.807) is 24.3 Å². The number of Topliss-reactive ketones (excluding diaryl/α,β-unsaturated/α-hetero) is 1. The minimum absolute atomic E-state index is 0.0966. The average molecular weight is 373 g/mol. The zero-order valence-electron chi connectivity index (χ0n) is 15.0. The first kappa shape index (κ1) is 18.6. The molecule has 2 aromatic rings. The number of hydrogen-bond donors (Lipinski definition) is 0. The highest BCUT2D eigenvalue weighted by atomic mass is 32.2. The van der Waals surface area contributed by atoms with Gasteiger partial charge in [0.25, 0.3) is 0 Å². The van der Waals surface area contributed by atoms with Crippen LogP contribution in [-0.4, -0.2) is 38.7 Å². The number of carbonyl (C=O) groups is 1. The van der Waals surface area contributed by atoms with Crippen LogP contribution in [-0.2, 0) is 10.0 Å². The molecule has 0 aliphatic carbocycles. The molecule has 0 amide bonds. The van der Waals surface area contributed by atoms with Gasteiger partial charge in [0.15, 0.2) is 5.78 Å². The summed E-state index contributed by atoms with van der Waals surface area (Å²) in [7, 11) is -2.17. The van der Waals surface area contributed by atoms with Gasteiger partial charge in [-0.05, 0) is 31.9 Å². The zero-order chi connectivity index (χ0) is 18.7. The van der Waals surface area contributed by atoms with Crippen LogP contribution in [0.5, 0.6) is 5.75 Å². The molecule has 0 spiro atoms. The number of para-hydroxylation sites is 1. The van der Waals surface area contributed by atoms with E-state index in [9.17, 15) is 13.2 Å². The molecular weight excluding hydrogens is 350 g/mol. The van der Waals surface area contributed by atoms with Crippen LogP contribution in [0.3, 0.4) is 0 Å². The van der Waals surface area contributed by atoms with Crippen LogP contribution in [0.15, 0.2) is 53.4 Å². The Balaban J connectivity index is 1.71. The van der Waals surface area contributed by atoms with Gasteiger partial charge in [-0.15, -0.1) is 0 Å². The van der Waals surface area contributed by atoms with E-state index in [-0.39, 0.29) is 16.6 Å². The smallest absolute Gasteiger partial charge is 0.246 e. The number of rotatable bonds is 5. The Hall–Kier alpha value is -2.18. The largest absolute Gasteiger partial charge is 0.495 e. The molecule has 3 rings (SSSR count). The highest BCUT2D eigenvalue weighted by Crippen LogP contribution is 2.30. The molecule has 0 atom stereocenters. The van der Waals surface area contributed by atoms with Gasteiger partial charge in [-0.2, -0.15) is 4.31 Å². The summed E-state index contributed by atoms with van der Waals surface area (Å²) in [4.78, 5) is 12.8. The Morgan fingerprint density at radius 2 is 1.65 bits per heavy atom. The Labute approximate surface area is 154 Å². The van der Waals surface area contributed by atoms with E-state index in [0.717, 1.165) is 5.56 Å². The second kappa shape index (κ2) is 7.60. The van der Waals surface area contributed by atoms with Crippen molar-refractivity contribution in [3.05, 3.63) is 59.7 Å². The van der Waals surface area contributed by atoms with Crippen LogP contribution in [0, 0.1) is 12.8 Å². The van der Waals surface area contributed by atoms with Gasteiger partial charge in [0, 0.05) is 24.6 Å². The Kier molecular flexibility index (Phi) is 5.44. The number of ether oxygens (including phenoxy) is 1. The van der Waals surface area contributed by atoms with E-state index in [1.165, 1.54) is 11.4 Å². The summed E-state index contributed by atoms with van der Waals surface area (Å²) in [5.74, 6) is 0.298. The molecule has 1 fully saturated rings. The normalized spacial score (nSPS) is 16.4. The number of ketones is 1. The molecule has 6 heteroatoms. The molecule has 26 heavy (non-hydrogen) atoms. The predicted molar refractivity (Wildman–Crippen MR) is 100.0 cm³/mol. The summed E-state index contributed by atoms with van der Waals surface area (Å²) in [5, 5.41) is 0. The monoisotopic (exact) mass is 373 g/mol. The fourth-order valence-electron chi connectivity index (χ4n) is 3.28. The van der Waals surface area contributed by atoms with Gasteiger partial charge < -0.3 is 4.74 Å². The van der Waals surface area contributed by atoms with Crippen molar-refractivity contribution in [1.82, 2.24) is 4.31 Å². The third kappa shape index (κ3) is 3.66. The van der Waals surface area contributed by atoms with Gasteiger partial charge in [0.2, 0.25) is 10.0 Å². The van der Waals surface area contributed by atoms with E-state index >= 15 is 0 Å². The van der Waals surface area contributed by atoms with Crippen molar-refractivity contribution in [1.29, 1.82) is 0 Å². The molecule has 5 nitrogen and oxygen atoms in total. The summed E-state index contributed by atoms with van der Waals surface area (Å²) in [6, 6.07) is 14.2. The molecular formula is C20H23NO4S. The molecule has 1 aliphatic rings. The second-order valence-corrected chi connectivity index (χ2v) is 8.47. The Morgan fingerprint density at radius 3 is 2.27 bits per heavy atom. The second-order valence-electron chi connectivity index (χ2n) is 6.56. The number of carbonyl (C=O) groups excluding carboxylic acids is 1. The summed E-state index contributed by atoms with van der Waals surface area (Å²) in [5.41, 5.74) is 1.81. The Bertz CT molecular complexity index is 882. The number of nitrogens with zero attached hydrogens (tertiary/aromatic N) is 1. The van der Waals surface area contributed by atoms with E-state index < -0.39 is 10.0 Å². The highest BCUT2D eigenvalue weighted by molar-refractivity contribution is 7.89. The average Bonchev–Trinajstić information content (AvgIpc) is 2.68. The standard InChI is InChI=1S/C20H23NO4S/c1-15-7-9-16(10-8-15)20(22)17-11-13-21(14-12-17)26(23,24)19-6-4-3-5-18(19)25-2/h3-10,17H,11-14H2,1-2H3. The van der Waals surface area contributed by atoms with Crippen LogP contribution in [0.4, 0.5) is 0 Å². The maximum Gasteiger partial charge on any atom is 0.246 e. The van der Waals surface area contributed by atoms with Crippen molar-refractivity contribution in [3.8, 4) is 5.75 Å². The van der Waals surface area contributed by atoms with Gasteiger partial charge in [-0.1, -0.05) is 42.0 Å². The number of aryl methyl sites for hydroxylation is 1. The molecule has 0 unspecified atom stereocenters. The molecule has 0 bridgehead atoms. The maximum atomic E-state index is 12.9. The minimum Gasteiger partial charge on any atom is -0.495 e. The van der Waals surface area contributed by atoms with Gasteiger partial charge in [0.1, 0.15) is 10.6 Å². The summed E-state index contributed by atoms with van der Waals surface area (Å²) in [6.07, 6.45) is 1.06. The first-order valence-electron chi connectivity index (χ1n) is 8.67. The fourth-order valence-corrected chi connectivity index (χ4v) is 4.91. The lowest BCUT2D eigenvalue weighted by Crippen LogP contribution is -2.40. The van der Waals surface area contributed by atoms with Crippen molar-refractivity contribution in [3.63, 3.8) is 0 Å². The number of methoxy groups -OCH3 is 1. The molecule has 1 heterocycles. The third-order valence-corrected chi connectivity index (χ3v) is 6.79. The van der Waals surface area contributed by atoms with Crippen molar-refractivity contribution >= 4 is 15.8 Å². The topological polar surface area (TPSA) is 63.7 Å². The lowest BCUT2D eigenvalue weighted by Gasteiger charge is -2.30. The molecule has 0 N–H and O–H groups in total. The first-order valence-corrected chi connectivity index (χ1v) is 10.1. The third-order valence-electron chi connectivity index (χ3n) is 4.85. The molecule has 0 radical (unpaired) electrons. The van der Waals surface area contributed by atoms with Crippen molar-refractivity contribution in [2.45, 2.75) is 24.7 Å². The van der Waals surface area contributed by atoms with Gasteiger partial charge in [0.05, 0.1) is 7.11 Å². The molecule has 2 aromatic carbocycles. The fraction of sp³-hybridized carbons (Fsp3) is 0.350. The summed E-state index contributed by atoms with van der Waals surface area (Å²) in [6.45, 7) is 2.65. The van der Waals surface area contributed by atoms with E-state index in [4.69, 9.17) is 4.74 Å².